The zero-order valence-electron chi connectivity index (χ0n) is 9.31. The van der Waals surface area contributed by atoms with E-state index in [9.17, 15) is 18.4 Å². The van der Waals surface area contributed by atoms with E-state index >= 15 is 0 Å². The standard InChI is InChI=1S/C12H7F2NO4/c13-8-3-7(12(17)18)10(4-9(8)14)15-11(16)6-1-2-19-5-6/h1-5H,(H,15,16)(H,17,18). The van der Waals surface area contributed by atoms with Gasteiger partial charge in [-0.3, -0.25) is 4.79 Å². The molecule has 1 aromatic carbocycles. The first-order valence-corrected chi connectivity index (χ1v) is 5.05. The molecule has 0 bridgehead atoms. The number of rotatable bonds is 3. The molecule has 2 N–H and O–H groups in total. The average molecular weight is 267 g/mol. The Bertz CT molecular complexity index is 637. The number of furan rings is 1. The van der Waals surface area contributed by atoms with Gasteiger partial charge in [-0.1, -0.05) is 0 Å². The van der Waals surface area contributed by atoms with E-state index in [-0.39, 0.29) is 11.3 Å². The molecule has 0 unspecified atom stereocenters. The fraction of sp³-hybridized carbons (Fsp3) is 0. The summed E-state index contributed by atoms with van der Waals surface area (Å²) >= 11 is 0. The van der Waals surface area contributed by atoms with E-state index < -0.39 is 29.1 Å². The van der Waals surface area contributed by atoms with Crippen molar-refractivity contribution in [2.75, 3.05) is 5.32 Å². The predicted octanol–water partition coefficient (Wildman–Crippen LogP) is 2.51. The lowest BCUT2D eigenvalue weighted by Gasteiger charge is -2.08. The van der Waals surface area contributed by atoms with Crippen LogP contribution in [0.3, 0.4) is 0 Å². The molecule has 1 aromatic heterocycles. The molecule has 19 heavy (non-hydrogen) atoms. The quantitative estimate of drug-likeness (QED) is 0.895. The number of halogens is 2. The molecule has 0 aliphatic carbocycles. The van der Waals surface area contributed by atoms with Crippen LogP contribution in [0.25, 0.3) is 0 Å². The number of carbonyl (C=O) groups is 2. The molecule has 5 nitrogen and oxygen atoms in total. The number of benzene rings is 1. The molecule has 0 radical (unpaired) electrons. The fourth-order valence-electron chi connectivity index (χ4n) is 1.42. The summed E-state index contributed by atoms with van der Waals surface area (Å²) in [5, 5.41) is 11.0. The maximum Gasteiger partial charge on any atom is 0.337 e. The van der Waals surface area contributed by atoms with Gasteiger partial charge in [0.1, 0.15) is 6.26 Å². The van der Waals surface area contributed by atoms with Crippen LogP contribution in [0.15, 0.2) is 35.1 Å². The summed E-state index contributed by atoms with van der Waals surface area (Å²) in [6.07, 6.45) is 2.38. The largest absolute Gasteiger partial charge is 0.478 e. The number of carbonyl (C=O) groups excluding carboxylic acids is 1. The second-order valence-corrected chi connectivity index (χ2v) is 3.58. The summed E-state index contributed by atoms with van der Waals surface area (Å²) in [5.74, 6) is -4.74. The van der Waals surface area contributed by atoms with Crippen LogP contribution in [0.4, 0.5) is 14.5 Å². The number of nitrogens with one attached hydrogen (secondary N) is 1. The molecule has 0 saturated carbocycles. The van der Waals surface area contributed by atoms with Crippen LogP contribution < -0.4 is 5.32 Å². The lowest BCUT2D eigenvalue weighted by atomic mass is 10.1. The first-order chi connectivity index (χ1) is 8.99. The van der Waals surface area contributed by atoms with Gasteiger partial charge in [0.25, 0.3) is 5.91 Å². The third-order valence-corrected chi connectivity index (χ3v) is 2.32. The third-order valence-electron chi connectivity index (χ3n) is 2.32. The van der Waals surface area contributed by atoms with E-state index in [0.29, 0.717) is 12.1 Å². The summed E-state index contributed by atoms with van der Waals surface area (Å²) in [7, 11) is 0. The van der Waals surface area contributed by atoms with E-state index in [0.717, 1.165) is 6.26 Å². The highest BCUT2D eigenvalue weighted by Crippen LogP contribution is 2.21. The Balaban J connectivity index is 2.36. The number of carboxylic acid groups (broad SMARTS) is 1. The summed E-state index contributed by atoms with van der Waals surface area (Å²) in [4.78, 5) is 22.6. The Morgan fingerprint density at radius 2 is 1.89 bits per heavy atom. The highest BCUT2D eigenvalue weighted by atomic mass is 19.2. The van der Waals surface area contributed by atoms with Crippen LogP contribution in [0, 0.1) is 11.6 Å². The Kier molecular flexibility index (Phi) is 3.28. The Hall–Kier alpha value is -2.70. The molecule has 0 aliphatic rings. The molecule has 1 amide bonds. The van der Waals surface area contributed by atoms with Crippen molar-refractivity contribution in [3.8, 4) is 0 Å². The second kappa shape index (κ2) is 4.89. The van der Waals surface area contributed by atoms with Crippen LogP contribution in [-0.2, 0) is 0 Å². The van der Waals surface area contributed by atoms with Crippen LogP contribution >= 0.6 is 0 Å². The number of hydrogen-bond acceptors (Lipinski definition) is 3. The van der Waals surface area contributed by atoms with Crippen LogP contribution in [0.1, 0.15) is 20.7 Å². The van der Waals surface area contributed by atoms with Crippen molar-refractivity contribution in [2.24, 2.45) is 0 Å². The molecule has 0 aliphatic heterocycles. The summed E-state index contributed by atoms with van der Waals surface area (Å²) < 4.78 is 30.7. The second-order valence-electron chi connectivity index (χ2n) is 3.58. The highest BCUT2D eigenvalue weighted by Gasteiger charge is 2.18. The van der Waals surface area contributed by atoms with Gasteiger partial charge in [-0.15, -0.1) is 0 Å². The van der Waals surface area contributed by atoms with Gasteiger partial charge in [-0.2, -0.15) is 0 Å². The van der Waals surface area contributed by atoms with Gasteiger partial charge in [-0.05, 0) is 12.1 Å². The Labute approximate surface area is 105 Å². The molecular weight excluding hydrogens is 260 g/mol. The van der Waals surface area contributed by atoms with Gasteiger partial charge in [-0.25, -0.2) is 13.6 Å². The molecule has 0 fully saturated rings. The van der Waals surface area contributed by atoms with Crippen molar-refractivity contribution >= 4 is 17.6 Å². The predicted molar refractivity (Wildman–Crippen MR) is 60.0 cm³/mol. The molecule has 0 saturated heterocycles. The summed E-state index contributed by atoms with van der Waals surface area (Å²) in [6.45, 7) is 0. The van der Waals surface area contributed by atoms with Gasteiger partial charge < -0.3 is 14.8 Å². The third kappa shape index (κ3) is 2.59. The van der Waals surface area contributed by atoms with E-state index in [4.69, 9.17) is 5.11 Å². The number of hydrogen-bond donors (Lipinski definition) is 2. The maximum absolute atomic E-state index is 13.1. The number of carboxylic acids is 1. The Morgan fingerprint density at radius 3 is 2.47 bits per heavy atom. The normalized spacial score (nSPS) is 10.2. The fourth-order valence-corrected chi connectivity index (χ4v) is 1.42. The molecule has 0 atom stereocenters. The lowest BCUT2D eigenvalue weighted by molar-refractivity contribution is 0.0697. The lowest BCUT2D eigenvalue weighted by Crippen LogP contribution is -2.15. The van der Waals surface area contributed by atoms with Gasteiger partial charge >= 0.3 is 5.97 Å². The Morgan fingerprint density at radius 1 is 1.21 bits per heavy atom. The van der Waals surface area contributed by atoms with E-state index in [1.54, 1.807) is 0 Å². The maximum atomic E-state index is 13.1. The molecule has 7 heteroatoms. The van der Waals surface area contributed by atoms with Crippen molar-refractivity contribution < 1.29 is 27.9 Å². The number of anilines is 1. The van der Waals surface area contributed by atoms with Crippen LogP contribution in [-0.4, -0.2) is 17.0 Å². The summed E-state index contributed by atoms with van der Waals surface area (Å²) in [6, 6.07) is 2.45. The zero-order valence-corrected chi connectivity index (χ0v) is 9.31. The smallest absolute Gasteiger partial charge is 0.337 e. The highest BCUT2D eigenvalue weighted by molar-refractivity contribution is 6.07. The van der Waals surface area contributed by atoms with Gasteiger partial charge in [0.05, 0.1) is 23.1 Å². The van der Waals surface area contributed by atoms with Gasteiger partial charge in [0, 0.05) is 6.07 Å². The minimum atomic E-state index is -1.48. The first-order valence-electron chi connectivity index (χ1n) is 5.05. The SMILES string of the molecule is O=C(Nc1cc(F)c(F)cc1C(=O)O)c1ccoc1. The van der Waals surface area contributed by atoms with Crippen molar-refractivity contribution in [1.82, 2.24) is 0 Å². The summed E-state index contributed by atoms with van der Waals surface area (Å²) in [5.41, 5.74) is -0.755. The molecule has 2 rings (SSSR count). The number of amides is 1. The van der Waals surface area contributed by atoms with Crippen LogP contribution in [0.5, 0.6) is 0 Å². The monoisotopic (exact) mass is 267 g/mol. The number of aromatic carboxylic acids is 1. The van der Waals surface area contributed by atoms with Crippen LogP contribution in [0.2, 0.25) is 0 Å². The molecule has 0 spiro atoms. The van der Waals surface area contributed by atoms with Crippen molar-refractivity contribution in [3.05, 3.63) is 53.5 Å². The van der Waals surface area contributed by atoms with E-state index in [1.807, 2.05) is 0 Å². The van der Waals surface area contributed by atoms with Crippen molar-refractivity contribution in [2.45, 2.75) is 0 Å². The minimum Gasteiger partial charge on any atom is -0.478 e. The van der Waals surface area contributed by atoms with E-state index in [1.165, 1.54) is 12.3 Å². The molecule has 98 valence electrons. The van der Waals surface area contributed by atoms with E-state index in [2.05, 4.69) is 9.73 Å². The minimum absolute atomic E-state index is 0.126. The van der Waals surface area contributed by atoms with Crippen molar-refractivity contribution in [1.29, 1.82) is 0 Å². The topological polar surface area (TPSA) is 79.5 Å². The van der Waals surface area contributed by atoms with Gasteiger partial charge in [0.15, 0.2) is 11.6 Å². The molecule has 2 aromatic rings. The average Bonchev–Trinajstić information content (AvgIpc) is 2.86. The zero-order chi connectivity index (χ0) is 14.0. The molecular formula is C12H7F2NO4. The molecule has 1 heterocycles. The van der Waals surface area contributed by atoms with Crippen molar-refractivity contribution in [3.63, 3.8) is 0 Å². The van der Waals surface area contributed by atoms with Gasteiger partial charge in [0.2, 0.25) is 0 Å². The first kappa shape index (κ1) is 12.7.